The fourth-order valence-corrected chi connectivity index (χ4v) is 3.92. The Labute approximate surface area is 175 Å². The van der Waals surface area contributed by atoms with Crippen molar-refractivity contribution in [2.75, 3.05) is 24.2 Å². The molecule has 2 aromatic carbocycles. The van der Waals surface area contributed by atoms with Gasteiger partial charge in [-0.1, -0.05) is 37.3 Å². The van der Waals surface area contributed by atoms with Crippen molar-refractivity contribution in [3.8, 4) is 0 Å². The summed E-state index contributed by atoms with van der Waals surface area (Å²) in [6.45, 7) is 1.40. The molecule has 1 heterocycles. The van der Waals surface area contributed by atoms with E-state index in [9.17, 15) is 22.8 Å². The van der Waals surface area contributed by atoms with Gasteiger partial charge < -0.3 is 5.32 Å². The summed E-state index contributed by atoms with van der Waals surface area (Å²) in [5.74, 6) is -0.894. The maximum atomic E-state index is 13.1. The van der Waals surface area contributed by atoms with Crippen LogP contribution in [0.1, 0.15) is 29.3 Å². The van der Waals surface area contributed by atoms with Crippen molar-refractivity contribution in [2.45, 2.75) is 18.9 Å². The minimum atomic E-state index is -3.42. The number of imide groups is 1. The predicted octanol–water partition coefficient (Wildman–Crippen LogP) is 2.12. The van der Waals surface area contributed by atoms with Crippen LogP contribution in [-0.2, 0) is 20.4 Å². The molecule has 1 saturated heterocycles. The van der Waals surface area contributed by atoms with Gasteiger partial charge >= 0.3 is 6.03 Å². The van der Waals surface area contributed by atoms with Gasteiger partial charge in [-0.2, -0.15) is 0 Å². The van der Waals surface area contributed by atoms with E-state index in [4.69, 9.17) is 0 Å². The Kier molecular flexibility index (Phi) is 5.67. The lowest BCUT2D eigenvalue weighted by atomic mass is 9.87. The van der Waals surface area contributed by atoms with Crippen molar-refractivity contribution in [3.63, 3.8) is 0 Å². The van der Waals surface area contributed by atoms with E-state index in [1.807, 2.05) is 6.07 Å². The Balaban J connectivity index is 1.80. The molecule has 3 rings (SSSR count). The van der Waals surface area contributed by atoms with E-state index in [2.05, 4.69) is 5.32 Å². The molecule has 0 unspecified atom stereocenters. The highest BCUT2D eigenvalue weighted by molar-refractivity contribution is 7.92. The summed E-state index contributed by atoms with van der Waals surface area (Å²) in [5.41, 5.74) is 0.141. The average Bonchev–Trinajstić information content (AvgIpc) is 2.98. The molecule has 2 aromatic rings. The Morgan fingerprint density at radius 1 is 1.07 bits per heavy atom. The van der Waals surface area contributed by atoms with Gasteiger partial charge in [-0.15, -0.1) is 0 Å². The van der Waals surface area contributed by atoms with Crippen LogP contribution in [0.3, 0.4) is 0 Å². The summed E-state index contributed by atoms with van der Waals surface area (Å²) in [6.07, 6.45) is 1.43. The Morgan fingerprint density at radius 2 is 1.67 bits per heavy atom. The highest BCUT2D eigenvalue weighted by Gasteiger charge is 2.51. The molecule has 0 aliphatic carbocycles. The molecule has 30 heavy (non-hydrogen) atoms. The molecule has 0 radical (unpaired) electrons. The second-order valence-corrected chi connectivity index (χ2v) is 9.16. The number of hydrogen-bond donors (Lipinski definition) is 1. The third-order valence-corrected chi connectivity index (χ3v) is 6.53. The molecule has 1 aliphatic rings. The summed E-state index contributed by atoms with van der Waals surface area (Å²) in [6, 6.07) is 14.3. The van der Waals surface area contributed by atoms with Crippen LogP contribution in [0.4, 0.5) is 10.5 Å². The molecule has 8 nitrogen and oxygen atoms in total. The summed E-state index contributed by atoms with van der Waals surface area (Å²) in [4.78, 5) is 39.3. The predicted molar refractivity (Wildman–Crippen MR) is 113 cm³/mol. The van der Waals surface area contributed by atoms with Crippen LogP contribution in [0.2, 0.25) is 0 Å². The maximum absolute atomic E-state index is 13.1. The van der Waals surface area contributed by atoms with Crippen molar-refractivity contribution >= 4 is 33.4 Å². The number of nitrogens with one attached hydrogen (secondary N) is 1. The largest absolute Gasteiger partial charge is 0.325 e. The van der Waals surface area contributed by atoms with E-state index < -0.39 is 39.8 Å². The molecule has 1 atom stereocenters. The van der Waals surface area contributed by atoms with Gasteiger partial charge in [0.1, 0.15) is 5.54 Å². The smallest absolute Gasteiger partial charge is 0.319 e. The zero-order chi connectivity index (χ0) is 22.1. The minimum Gasteiger partial charge on any atom is -0.319 e. The molecule has 1 aliphatic heterocycles. The second kappa shape index (κ2) is 7.91. The van der Waals surface area contributed by atoms with Gasteiger partial charge in [0.15, 0.2) is 5.78 Å². The number of rotatable bonds is 7. The number of urea groups is 1. The van der Waals surface area contributed by atoms with E-state index in [-0.39, 0.29) is 5.56 Å². The number of hydrogen-bond acceptors (Lipinski definition) is 5. The first-order valence-electron chi connectivity index (χ1n) is 9.37. The topological polar surface area (TPSA) is 104 Å². The van der Waals surface area contributed by atoms with E-state index in [1.165, 1.54) is 31.3 Å². The lowest BCUT2D eigenvalue weighted by Gasteiger charge is -2.25. The highest BCUT2D eigenvalue weighted by atomic mass is 32.2. The number of carbonyl (C=O) groups excluding carboxylic acids is 3. The number of nitrogens with zero attached hydrogens (tertiary/aromatic N) is 2. The van der Waals surface area contributed by atoms with E-state index in [1.54, 1.807) is 31.2 Å². The molecule has 0 bridgehead atoms. The zero-order valence-electron chi connectivity index (χ0n) is 17.0. The summed E-state index contributed by atoms with van der Waals surface area (Å²) < 4.78 is 24.4. The number of amides is 3. The third-order valence-electron chi connectivity index (χ3n) is 5.32. The Morgan fingerprint density at radius 3 is 2.20 bits per heavy atom. The minimum absolute atomic E-state index is 0.273. The van der Waals surface area contributed by atoms with Gasteiger partial charge in [0.05, 0.1) is 18.5 Å². The molecule has 0 saturated carbocycles. The van der Waals surface area contributed by atoms with Crippen LogP contribution in [0.15, 0.2) is 54.6 Å². The van der Waals surface area contributed by atoms with Gasteiger partial charge in [-0.05, 0) is 36.2 Å². The van der Waals surface area contributed by atoms with Crippen LogP contribution >= 0.6 is 0 Å². The van der Waals surface area contributed by atoms with E-state index in [0.29, 0.717) is 17.7 Å². The summed E-state index contributed by atoms with van der Waals surface area (Å²) in [7, 11) is -2.01. The summed E-state index contributed by atoms with van der Waals surface area (Å²) >= 11 is 0. The Bertz CT molecular complexity index is 1080. The standard InChI is InChI=1S/C21H23N3O5S/c1-4-21(16-8-6-5-7-9-16)19(26)24(20(27)22-21)14-18(25)15-10-12-17(13-11-15)23(2)30(3,28)29/h5-13H,4,14H2,1-3H3,(H,22,27)/t21-/m1/s1. The monoisotopic (exact) mass is 429 g/mol. The maximum Gasteiger partial charge on any atom is 0.325 e. The average molecular weight is 429 g/mol. The van der Waals surface area contributed by atoms with E-state index >= 15 is 0 Å². The normalized spacial score (nSPS) is 19.0. The molecule has 0 aromatic heterocycles. The van der Waals surface area contributed by atoms with Gasteiger partial charge in [0.2, 0.25) is 10.0 Å². The molecule has 158 valence electrons. The number of sulfonamides is 1. The van der Waals surface area contributed by atoms with Crippen molar-refractivity contribution in [1.29, 1.82) is 0 Å². The highest BCUT2D eigenvalue weighted by Crippen LogP contribution is 2.32. The van der Waals surface area contributed by atoms with Crippen LogP contribution in [0.5, 0.6) is 0 Å². The number of carbonyl (C=O) groups is 3. The summed E-state index contributed by atoms with van der Waals surface area (Å²) in [5, 5.41) is 2.74. The van der Waals surface area contributed by atoms with E-state index in [0.717, 1.165) is 15.5 Å². The molecular formula is C21H23N3O5S. The van der Waals surface area contributed by atoms with Gasteiger partial charge in [-0.25, -0.2) is 13.2 Å². The fraction of sp³-hybridized carbons (Fsp3) is 0.286. The molecular weight excluding hydrogens is 406 g/mol. The fourth-order valence-electron chi connectivity index (χ4n) is 3.42. The molecule has 1 fully saturated rings. The molecule has 9 heteroatoms. The molecule has 3 amide bonds. The van der Waals surface area contributed by atoms with Crippen molar-refractivity contribution < 1.29 is 22.8 Å². The first-order chi connectivity index (χ1) is 14.1. The number of benzene rings is 2. The van der Waals surface area contributed by atoms with Gasteiger partial charge in [-0.3, -0.25) is 18.8 Å². The van der Waals surface area contributed by atoms with Crippen molar-refractivity contribution in [3.05, 3.63) is 65.7 Å². The zero-order valence-corrected chi connectivity index (χ0v) is 17.8. The van der Waals surface area contributed by atoms with Crippen LogP contribution < -0.4 is 9.62 Å². The SMILES string of the molecule is CC[C@]1(c2ccccc2)NC(=O)N(CC(=O)c2ccc(N(C)S(C)(=O)=O)cc2)C1=O. The number of Topliss-reactive ketones (excluding diaryl/α,β-unsaturated/α-hetero) is 1. The van der Waals surface area contributed by atoms with Gasteiger partial charge in [0.25, 0.3) is 5.91 Å². The van der Waals surface area contributed by atoms with Gasteiger partial charge in [0, 0.05) is 12.6 Å². The lowest BCUT2D eigenvalue weighted by molar-refractivity contribution is -0.131. The number of anilines is 1. The van der Waals surface area contributed by atoms with Crippen molar-refractivity contribution in [2.24, 2.45) is 0 Å². The first kappa shape index (κ1) is 21.5. The van der Waals surface area contributed by atoms with Crippen LogP contribution in [-0.4, -0.2) is 50.9 Å². The third kappa shape index (κ3) is 3.80. The Hall–Kier alpha value is -3.20. The first-order valence-corrected chi connectivity index (χ1v) is 11.2. The van der Waals surface area contributed by atoms with Crippen LogP contribution in [0.25, 0.3) is 0 Å². The molecule has 1 N–H and O–H groups in total. The number of ketones is 1. The quantitative estimate of drug-likeness (QED) is 0.536. The van der Waals surface area contributed by atoms with Crippen LogP contribution in [0, 0.1) is 0 Å². The van der Waals surface area contributed by atoms with Crippen molar-refractivity contribution in [1.82, 2.24) is 10.2 Å². The molecule has 0 spiro atoms. The second-order valence-electron chi connectivity index (χ2n) is 7.15. The lowest BCUT2D eigenvalue weighted by Crippen LogP contribution is -2.43.